The average molecular weight is 519 g/mol. The monoisotopic (exact) mass is 518 g/mol. The van der Waals surface area contributed by atoms with E-state index in [-0.39, 0.29) is 37.3 Å². The molecular formula is C29H40F2N2O4. The number of aliphatic hydroxyl groups is 3. The molecule has 1 saturated carbocycles. The van der Waals surface area contributed by atoms with E-state index in [0.29, 0.717) is 24.8 Å². The van der Waals surface area contributed by atoms with Crippen LogP contribution in [-0.4, -0.2) is 52.1 Å². The van der Waals surface area contributed by atoms with E-state index in [9.17, 15) is 28.9 Å². The van der Waals surface area contributed by atoms with Crippen molar-refractivity contribution in [2.75, 3.05) is 13.2 Å². The lowest BCUT2D eigenvalue weighted by Crippen LogP contribution is -2.57. The van der Waals surface area contributed by atoms with Gasteiger partial charge < -0.3 is 26.0 Å². The minimum atomic E-state index is -1.27. The number of carbonyl (C=O) groups is 1. The molecule has 1 aliphatic carbocycles. The van der Waals surface area contributed by atoms with Gasteiger partial charge in [-0.1, -0.05) is 45.0 Å². The number of benzene rings is 2. The van der Waals surface area contributed by atoms with Gasteiger partial charge in [0.2, 0.25) is 5.91 Å². The van der Waals surface area contributed by atoms with Crippen molar-refractivity contribution >= 4 is 5.91 Å². The number of nitrogens with one attached hydrogen (secondary N) is 2. The molecule has 1 fully saturated rings. The first-order chi connectivity index (χ1) is 17.2. The van der Waals surface area contributed by atoms with Crippen molar-refractivity contribution in [1.29, 1.82) is 0 Å². The smallest absolute Gasteiger partial charge is 0.217 e. The van der Waals surface area contributed by atoms with Gasteiger partial charge in [-0.05, 0) is 59.9 Å². The van der Waals surface area contributed by atoms with Gasteiger partial charge in [0, 0.05) is 31.5 Å². The Morgan fingerprint density at radius 3 is 2.38 bits per heavy atom. The van der Waals surface area contributed by atoms with Gasteiger partial charge in [-0.15, -0.1) is 0 Å². The summed E-state index contributed by atoms with van der Waals surface area (Å²) in [4.78, 5) is 11.9. The van der Waals surface area contributed by atoms with Crippen LogP contribution in [0.25, 0.3) is 0 Å². The predicted molar refractivity (Wildman–Crippen MR) is 139 cm³/mol. The van der Waals surface area contributed by atoms with Crippen LogP contribution < -0.4 is 10.6 Å². The van der Waals surface area contributed by atoms with E-state index < -0.39 is 34.9 Å². The fourth-order valence-corrected chi connectivity index (χ4v) is 5.34. The SMILES string of the molecule is CC(=O)NC(Cc1cc(F)cc(F)c1)C(O)CNC1(c2cccc(C(C)(C)C)c2)CCCC(O)(CO)C1. The zero-order chi connectivity index (χ0) is 27.4. The molecule has 8 heteroatoms. The molecule has 37 heavy (non-hydrogen) atoms. The Hall–Kier alpha value is -2.39. The Labute approximate surface area is 218 Å². The summed E-state index contributed by atoms with van der Waals surface area (Å²) in [5.41, 5.74) is 0.273. The molecule has 0 aromatic heterocycles. The number of halogens is 2. The van der Waals surface area contributed by atoms with E-state index in [4.69, 9.17) is 0 Å². The van der Waals surface area contributed by atoms with Crippen molar-refractivity contribution in [1.82, 2.24) is 10.6 Å². The molecule has 0 saturated heterocycles. The van der Waals surface area contributed by atoms with Crippen molar-refractivity contribution in [3.8, 4) is 0 Å². The third-order valence-corrected chi connectivity index (χ3v) is 7.33. The van der Waals surface area contributed by atoms with Crippen LogP contribution in [0.5, 0.6) is 0 Å². The number of aliphatic hydroxyl groups excluding tert-OH is 2. The molecule has 204 valence electrons. The molecule has 5 N–H and O–H groups in total. The fourth-order valence-electron chi connectivity index (χ4n) is 5.34. The first-order valence-corrected chi connectivity index (χ1v) is 12.8. The molecule has 0 bridgehead atoms. The minimum Gasteiger partial charge on any atom is -0.393 e. The Bertz CT molecular complexity index is 1070. The zero-order valence-corrected chi connectivity index (χ0v) is 22.2. The van der Waals surface area contributed by atoms with Gasteiger partial charge in [-0.25, -0.2) is 8.78 Å². The molecule has 0 heterocycles. The van der Waals surface area contributed by atoms with Crippen LogP contribution in [0.15, 0.2) is 42.5 Å². The normalized spacial score (nSPS) is 23.9. The molecule has 0 aliphatic heterocycles. The second-order valence-corrected chi connectivity index (χ2v) is 11.6. The van der Waals surface area contributed by atoms with Gasteiger partial charge in [-0.3, -0.25) is 4.79 Å². The Balaban J connectivity index is 1.89. The molecule has 4 unspecified atom stereocenters. The van der Waals surface area contributed by atoms with E-state index in [1.165, 1.54) is 19.1 Å². The molecule has 2 aromatic carbocycles. The summed E-state index contributed by atoms with van der Waals surface area (Å²) >= 11 is 0. The van der Waals surface area contributed by atoms with Crippen LogP contribution >= 0.6 is 0 Å². The highest BCUT2D eigenvalue weighted by atomic mass is 19.1. The number of hydrogen-bond acceptors (Lipinski definition) is 5. The topological polar surface area (TPSA) is 102 Å². The summed E-state index contributed by atoms with van der Waals surface area (Å²) in [5.74, 6) is -1.83. The van der Waals surface area contributed by atoms with Crippen LogP contribution in [0.2, 0.25) is 0 Å². The van der Waals surface area contributed by atoms with Crippen LogP contribution in [0.4, 0.5) is 8.78 Å². The fraction of sp³-hybridized carbons (Fsp3) is 0.552. The average Bonchev–Trinajstić information content (AvgIpc) is 2.81. The first-order valence-electron chi connectivity index (χ1n) is 12.8. The summed E-state index contributed by atoms with van der Waals surface area (Å²) < 4.78 is 27.5. The maximum Gasteiger partial charge on any atom is 0.217 e. The van der Waals surface area contributed by atoms with E-state index in [1.807, 2.05) is 12.1 Å². The standard InChI is InChI=1S/C29H40F2N2O4/c1-19(35)33-25(13-20-11-23(30)15-24(31)12-20)26(36)16-32-29(10-6-9-28(37,17-29)18-34)22-8-5-7-21(14-22)27(2,3)4/h5,7-8,11-12,14-15,25-26,32,34,36-37H,6,9-10,13,16-18H2,1-4H3,(H,33,35). The molecule has 4 atom stereocenters. The van der Waals surface area contributed by atoms with Crippen LogP contribution in [-0.2, 0) is 22.2 Å². The largest absolute Gasteiger partial charge is 0.393 e. The molecular weight excluding hydrogens is 478 g/mol. The molecule has 0 radical (unpaired) electrons. The van der Waals surface area contributed by atoms with Crippen LogP contribution in [0.3, 0.4) is 0 Å². The molecule has 6 nitrogen and oxygen atoms in total. The van der Waals surface area contributed by atoms with Gasteiger partial charge in [0.1, 0.15) is 11.6 Å². The van der Waals surface area contributed by atoms with Gasteiger partial charge in [0.15, 0.2) is 0 Å². The van der Waals surface area contributed by atoms with Crippen LogP contribution in [0, 0.1) is 11.6 Å². The maximum atomic E-state index is 13.7. The number of hydrogen-bond donors (Lipinski definition) is 5. The lowest BCUT2D eigenvalue weighted by molar-refractivity contribution is -0.120. The Morgan fingerprint density at radius 2 is 1.78 bits per heavy atom. The first kappa shape index (κ1) is 29.2. The second-order valence-electron chi connectivity index (χ2n) is 11.6. The third-order valence-electron chi connectivity index (χ3n) is 7.33. The highest BCUT2D eigenvalue weighted by molar-refractivity contribution is 5.73. The maximum absolute atomic E-state index is 13.7. The third kappa shape index (κ3) is 7.57. The van der Waals surface area contributed by atoms with Crippen molar-refractivity contribution < 1.29 is 28.9 Å². The predicted octanol–water partition coefficient (Wildman–Crippen LogP) is 3.45. The lowest BCUT2D eigenvalue weighted by atomic mass is 9.69. The van der Waals surface area contributed by atoms with E-state index in [2.05, 4.69) is 43.5 Å². The number of rotatable bonds is 9. The van der Waals surface area contributed by atoms with Gasteiger partial charge in [0.25, 0.3) is 0 Å². The Kier molecular flexibility index (Phi) is 9.11. The summed E-state index contributed by atoms with van der Waals surface area (Å²) in [7, 11) is 0. The summed E-state index contributed by atoms with van der Waals surface area (Å²) in [6.07, 6.45) is 0.990. The highest BCUT2D eigenvalue weighted by Gasteiger charge is 2.45. The van der Waals surface area contributed by atoms with Crippen molar-refractivity contribution in [3.05, 3.63) is 70.8 Å². The molecule has 2 aromatic rings. The van der Waals surface area contributed by atoms with Crippen molar-refractivity contribution in [2.45, 2.75) is 88.5 Å². The van der Waals surface area contributed by atoms with Crippen molar-refractivity contribution in [2.24, 2.45) is 0 Å². The molecule has 1 aliphatic rings. The van der Waals surface area contributed by atoms with E-state index in [0.717, 1.165) is 17.2 Å². The van der Waals surface area contributed by atoms with E-state index >= 15 is 0 Å². The Morgan fingerprint density at radius 1 is 1.11 bits per heavy atom. The highest BCUT2D eigenvalue weighted by Crippen LogP contribution is 2.43. The minimum absolute atomic E-state index is 0.0319. The molecule has 0 spiro atoms. The van der Waals surface area contributed by atoms with Gasteiger partial charge in [-0.2, -0.15) is 0 Å². The summed E-state index contributed by atoms with van der Waals surface area (Å²) in [6.45, 7) is 7.35. The zero-order valence-electron chi connectivity index (χ0n) is 22.2. The second kappa shape index (κ2) is 11.6. The van der Waals surface area contributed by atoms with Gasteiger partial charge in [0.05, 0.1) is 24.4 Å². The molecule has 3 rings (SSSR count). The lowest BCUT2D eigenvalue weighted by Gasteiger charge is -2.46. The summed E-state index contributed by atoms with van der Waals surface area (Å²) in [6, 6.07) is 10.4. The number of carbonyl (C=O) groups excluding carboxylic acids is 1. The van der Waals surface area contributed by atoms with Gasteiger partial charge >= 0.3 is 0 Å². The van der Waals surface area contributed by atoms with E-state index in [1.54, 1.807) is 0 Å². The van der Waals surface area contributed by atoms with Crippen LogP contribution in [0.1, 0.15) is 70.1 Å². The summed E-state index contributed by atoms with van der Waals surface area (Å²) in [5, 5.41) is 38.3. The molecule has 1 amide bonds. The quantitative estimate of drug-likeness (QED) is 0.350. The van der Waals surface area contributed by atoms with Crippen molar-refractivity contribution in [3.63, 3.8) is 0 Å². The number of amides is 1.